The van der Waals surface area contributed by atoms with Crippen LogP contribution in [0, 0.1) is 0 Å². The zero-order valence-electron chi connectivity index (χ0n) is 28.5. The summed E-state index contributed by atoms with van der Waals surface area (Å²) in [4.78, 5) is 50.8. The van der Waals surface area contributed by atoms with Crippen LogP contribution < -0.4 is 30.2 Å². The highest BCUT2D eigenvalue weighted by Gasteiger charge is 2.31. The number of rotatable bonds is 12. The molecule has 3 aliphatic heterocycles. The van der Waals surface area contributed by atoms with E-state index < -0.39 is 0 Å². The fourth-order valence-corrected chi connectivity index (χ4v) is 6.44. The second-order valence-corrected chi connectivity index (χ2v) is 12.4. The Morgan fingerprint density at radius 1 is 0.792 bits per heavy atom. The van der Waals surface area contributed by atoms with Crippen molar-refractivity contribution in [1.82, 2.24) is 29.8 Å². The van der Waals surface area contributed by atoms with Gasteiger partial charge >= 0.3 is 0 Å². The second kappa shape index (κ2) is 15.3. The highest BCUT2D eigenvalue weighted by Crippen LogP contribution is 2.35. The van der Waals surface area contributed by atoms with Crippen LogP contribution in [0.5, 0.6) is 0 Å². The van der Waals surface area contributed by atoms with Gasteiger partial charge in [0.2, 0.25) is 17.8 Å². The van der Waals surface area contributed by atoms with E-state index in [1.54, 1.807) is 32.4 Å². The Balaban J connectivity index is 1.44. The molecule has 0 bridgehead atoms. The molecule has 48 heavy (non-hydrogen) atoms. The maximum Gasteiger partial charge on any atom is 0.241 e. The maximum absolute atomic E-state index is 13.0. The number of piperidine rings is 1. The lowest BCUT2D eigenvalue weighted by Crippen LogP contribution is -2.49. The first kappa shape index (κ1) is 33.6. The van der Waals surface area contributed by atoms with Crippen LogP contribution in [-0.2, 0) is 19.0 Å². The predicted molar refractivity (Wildman–Crippen MR) is 186 cm³/mol. The first-order valence-electron chi connectivity index (χ1n) is 16.7. The molecule has 3 aromatic heterocycles. The molecule has 0 spiro atoms. The number of carbonyl (C=O) groups is 1. The van der Waals surface area contributed by atoms with Crippen LogP contribution in [0.1, 0.15) is 12.8 Å². The molecule has 3 saturated heterocycles. The molecule has 0 aromatic carbocycles. The fourth-order valence-electron chi connectivity index (χ4n) is 6.44. The molecule has 6 rings (SSSR count). The number of nitrogens with zero attached hydrogens (tertiary/aromatic N) is 11. The molecule has 16 heteroatoms. The molecule has 0 radical (unpaired) electrons. The van der Waals surface area contributed by atoms with Gasteiger partial charge in [-0.1, -0.05) is 0 Å². The molecule has 3 aromatic rings. The Bertz CT molecular complexity index is 1540. The monoisotopic (exact) mass is 664 g/mol. The van der Waals surface area contributed by atoms with E-state index in [1.165, 1.54) is 0 Å². The number of pyridine rings is 1. The zero-order valence-corrected chi connectivity index (χ0v) is 28.5. The summed E-state index contributed by atoms with van der Waals surface area (Å²) in [5.41, 5.74) is 8.22. The van der Waals surface area contributed by atoms with Gasteiger partial charge in [0.25, 0.3) is 0 Å². The smallest absolute Gasteiger partial charge is 0.241 e. The third-order valence-corrected chi connectivity index (χ3v) is 9.41. The lowest BCUT2D eigenvalue weighted by molar-refractivity contribution is -0.129. The molecule has 6 heterocycles. The Morgan fingerprint density at radius 2 is 1.42 bits per heavy atom. The van der Waals surface area contributed by atoms with E-state index in [4.69, 9.17) is 39.9 Å². The summed E-state index contributed by atoms with van der Waals surface area (Å²) in [6.45, 7) is 7.94. The number of aromatic nitrogens is 5. The van der Waals surface area contributed by atoms with Crippen molar-refractivity contribution in [3.05, 3.63) is 18.3 Å². The Kier molecular flexibility index (Phi) is 10.7. The minimum Gasteiger partial charge on any atom is -0.396 e. The Hall–Kier alpha value is -4.28. The number of likely N-dealkylation sites (N-methyl/N-ethyl adjacent to an activating group) is 1. The number of ether oxygens (including phenoxy) is 3. The molecule has 260 valence electrons. The minimum atomic E-state index is 0.0362. The number of carbonyl (C=O) groups excluding carboxylic acids is 1. The van der Waals surface area contributed by atoms with Crippen molar-refractivity contribution >= 4 is 52.0 Å². The standard InChI is InChI=1S/C32H48N12O4/c1-39-12-13-44(22-25(39)45)30-27-26(35-31(38-30)42-16-14-41(15-17-42)28-24(33)6-5-9-34-28)29(40-10-7-23(48-4)8-11-40)37-32(36-27)43(18-20-46-2)19-21-47-3/h5-6,9,23H,7-8,10-22,33H2,1-4H3. The summed E-state index contributed by atoms with van der Waals surface area (Å²) >= 11 is 0. The van der Waals surface area contributed by atoms with Gasteiger partial charge < -0.3 is 49.3 Å². The minimum absolute atomic E-state index is 0.0362. The van der Waals surface area contributed by atoms with Crippen molar-refractivity contribution in [3.8, 4) is 0 Å². The fraction of sp³-hybridized carbons (Fsp3) is 0.625. The number of anilines is 6. The van der Waals surface area contributed by atoms with E-state index in [1.807, 2.05) is 24.1 Å². The zero-order chi connectivity index (χ0) is 33.6. The van der Waals surface area contributed by atoms with Gasteiger partial charge in [-0.25, -0.2) is 15.0 Å². The molecule has 3 aliphatic rings. The van der Waals surface area contributed by atoms with Gasteiger partial charge in [-0.3, -0.25) is 4.79 Å². The van der Waals surface area contributed by atoms with Crippen molar-refractivity contribution in [3.63, 3.8) is 0 Å². The van der Waals surface area contributed by atoms with Crippen molar-refractivity contribution in [2.24, 2.45) is 0 Å². The largest absolute Gasteiger partial charge is 0.396 e. The number of nitrogen functional groups attached to an aromatic ring is 1. The number of piperazine rings is 2. The van der Waals surface area contributed by atoms with Gasteiger partial charge in [0, 0.05) is 100 Å². The molecule has 1 amide bonds. The lowest BCUT2D eigenvalue weighted by Gasteiger charge is -2.37. The third kappa shape index (κ3) is 7.24. The summed E-state index contributed by atoms with van der Waals surface area (Å²) in [6, 6.07) is 3.72. The van der Waals surface area contributed by atoms with Crippen molar-refractivity contribution < 1.29 is 19.0 Å². The molecular weight excluding hydrogens is 616 g/mol. The lowest BCUT2D eigenvalue weighted by atomic mass is 10.1. The number of hydrogen-bond acceptors (Lipinski definition) is 15. The van der Waals surface area contributed by atoms with Crippen LogP contribution in [0.25, 0.3) is 11.0 Å². The van der Waals surface area contributed by atoms with Gasteiger partial charge in [0.15, 0.2) is 17.5 Å². The molecular formula is C32H48N12O4. The molecule has 16 nitrogen and oxygen atoms in total. The van der Waals surface area contributed by atoms with Gasteiger partial charge in [-0.15, -0.1) is 0 Å². The van der Waals surface area contributed by atoms with Gasteiger partial charge in [-0.2, -0.15) is 9.97 Å². The molecule has 3 fully saturated rings. The highest BCUT2D eigenvalue weighted by atomic mass is 16.5. The van der Waals surface area contributed by atoms with Crippen molar-refractivity contribution in [1.29, 1.82) is 0 Å². The van der Waals surface area contributed by atoms with Crippen LogP contribution >= 0.6 is 0 Å². The highest BCUT2D eigenvalue weighted by molar-refractivity contribution is 5.96. The molecule has 0 atom stereocenters. The Morgan fingerprint density at radius 3 is 2.06 bits per heavy atom. The number of amides is 1. The average Bonchev–Trinajstić information content (AvgIpc) is 3.12. The van der Waals surface area contributed by atoms with Crippen LogP contribution in [0.3, 0.4) is 0 Å². The number of methoxy groups -OCH3 is 3. The topological polar surface area (TPSA) is 155 Å². The van der Waals surface area contributed by atoms with E-state index in [0.29, 0.717) is 100 Å². The molecule has 0 saturated carbocycles. The SMILES string of the molecule is COCCN(CCOC)c1nc(N2CCC(OC)CC2)c2nc(N3CCN(c4ncccc4N)CC3)nc(N3CCN(C)C(=O)C3)c2n1. The number of nitrogens with two attached hydrogens (primary N) is 1. The molecule has 0 aliphatic carbocycles. The van der Waals surface area contributed by atoms with E-state index >= 15 is 0 Å². The van der Waals surface area contributed by atoms with Crippen LogP contribution in [0.2, 0.25) is 0 Å². The second-order valence-electron chi connectivity index (χ2n) is 12.4. The van der Waals surface area contributed by atoms with Gasteiger partial charge in [0.05, 0.1) is 31.5 Å². The summed E-state index contributed by atoms with van der Waals surface area (Å²) in [5, 5.41) is 0. The van der Waals surface area contributed by atoms with Crippen LogP contribution in [-0.4, -0.2) is 155 Å². The molecule has 0 unspecified atom stereocenters. The molecule has 2 N–H and O–H groups in total. The van der Waals surface area contributed by atoms with E-state index in [9.17, 15) is 4.79 Å². The predicted octanol–water partition coefficient (Wildman–Crippen LogP) is 0.716. The van der Waals surface area contributed by atoms with Crippen molar-refractivity contribution in [2.45, 2.75) is 18.9 Å². The first-order chi connectivity index (χ1) is 23.4. The number of hydrogen-bond donors (Lipinski definition) is 1. The van der Waals surface area contributed by atoms with E-state index in [2.05, 4.69) is 24.6 Å². The first-order valence-corrected chi connectivity index (χ1v) is 16.7. The summed E-state index contributed by atoms with van der Waals surface area (Å²) in [5.74, 6) is 3.38. The van der Waals surface area contributed by atoms with Crippen LogP contribution in [0.15, 0.2) is 18.3 Å². The number of fused-ring (bicyclic) bond motifs is 1. The van der Waals surface area contributed by atoms with E-state index in [0.717, 1.165) is 37.6 Å². The Labute approximate surface area is 281 Å². The summed E-state index contributed by atoms with van der Waals surface area (Å²) < 4.78 is 16.6. The van der Waals surface area contributed by atoms with E-state index in [-0.39, 0.29) is 18.6 Å². The quantitative estimate of drug-likeness (QED) is 0.289. The van der Waals surface area contributed by atoms with Crippen molar-refractivity contribution in [2.75, 3.05) is 144 Å². The van der Waals surface area contributed by atoms with Gasteiger partial charge in [0.1, 0.15) is 11.0 Å². The summed E-state index contributed by atoms with van der Waals surface area (Å²) in [6.07, 6.45) is 3.73. The van der Waals surface area contributed by atoms with Gasteiger partial charge in [-0.05, 0) is 25.0 Å². The van der Waals surface area contributed by atoms with Crippen LogP contribution in [0.4, 0.5) is 35.0 Å². The summed E-state index contributed by atoms with van der Waals surface area (Å²) in [7, 11) is 6.98. The normalized spacial score (nSPS) is 17.9. The maximum atomic E-state index is 13.0. The average molecular weight is 665 g/mol. The third-order valence-electron chi connectivity index (χ3n) is 9.41.